The highest BCUT2D eigenvalue weighted by atomic mass is 16.6. The molecule has 0 aromatic rings. The molecule has 83 heavy (non-hydrogen) atoms. The zero-order chi connectivity index (χ0) is 59.9. The summed E-state index contributed by atoms with van der Waals surface area (Å²) in [6.07, 6.45) is 97.0. The van der Waals surface area contributed by atoms with E-state index in [9.17, 15) is 14.4 Å². The predicted molar refractivity (Wildman–Crippen MR) is 362 cm³/mol. The Morgan fingerprint density at radius 3 is 0.735 bits per heavy atom. The average molecular weight is 1150 g/mol. The van der Waals surface area contributed by atoms with E-state index in [-0.39, 0.29) is 31.1 Å². The standard InChI is InChI=1S/C77H132O6/c1-4-7-10-13-16-19-21-23-25-27-29-31-33-35-36-37-38-39-40-42-43-45-47-49-51-53-55-58-61-64-67-70-76(79)82-73-74(72-81-75(78)69-66-63-60-57-18-15-12-9-6-3)83-77(80)71-68-65-62-59-56-54-52-50-48-46-44-41-34-32-30-28-26-24-22-20-17-14-11-8-5-2/h8,11,17,20-21,23-24,26-27,29-30,32-33,35,41,44,48,50,74H,4-7,9-10,12-16,18-19,22,25,28,31,34,36-40,42-43,45-47,49,51-73H2,1-3H3/b11-8-,20-17-,23-21-,26-24-,29-27-,32-30-,35-33-,44-41-,50-48-. The molecule has 6 nitrogen and oxygen atoms in total. The van der Waals surface area contributed by atoms with Crippen molar-refractivity contribution in [2.75, 3.05) is 13.2 Å². The molecule has 0 bridgehead atoms. The lowest BCUT2D eigenvalue weighted by Crippen LogP contribution is -2.30. The molecule has 0 aromatic heterocycles. The SMILES string of the molecule is CC/C=C\C/C=C\C/C=C\C/C=C\C/C=C\C/C=C\CCCCCCCCC(=O)OC(COC(=O)CCCCCCCCCCC)COC(=O)CCCCCCCCCCCCCCCCCC/C=C\C/C=C\C/C=C\CCCCCCC. The first-order valence-electron chi connectivity index (χ1n) is 35.4. The fourth-order valence-corrected chi connectivity index (χ4v) is 9.99. The van der Waals surface area contributed by atoms with Gasteiger partial charge < -0.3 is 14.2 Å². The van der Waals surface area contributed by atoms with Crippen molar-refractivity contribution in [2.24, 2.45) is 0 Å². The number of hydrogen-bond acceptors (Lipinski definition) is 6. The molecule has 0 saturated heterocycles. The summed E-state index contributed by atoms with van der Waals surface area (Å²) in [4.78, 5) is 38.3. The molecule has 0 heterocycles. The summed E-state index contributed by atoms with van der Waals surface area (Å²) in [5.74, 6) is -0.887. The molecule has 0 saturated carbocycles. The van der Waals surface area contributed by atoms with Crippen LogP contribution in [0.4, 0.5) is 0 Å². The molecule has 0 N–H and O–H groups in total. The molecule has 0 amide bonds. The fourth-order valence-electron chi connectivity index (χ4n) is 9.99. The molecule has 6 heteroatoms. The van der Waals surface area contributed by atoms with E-state index in [1.54, 1.807) is 0 Å². The van der Waals surface area contributed by atoms with Gasteiger partial charge in [0.2, 0.25) is 0 Å². The number of ether oxygens (including phenoxy) is 3. The Hall–Kier alpha value is -3.93. The minimum absolute atomic E-state index is 0.0817. The Morgan fingerprint density at radius 2 is 0.470 bits per heavy atom. The van der Waals surface area contributed by atoms with Gasteiger partial charge in [-0.1, -0.05) is 323 Å². The van der Waals surface area contributed by atoms with E-state index in [0.717, 1.165) is 122 Å². The van der Waals surface area contributed by atoms with Crippen molar-refractivity contribution in [1.29, 1.82) is 0 Å². The molecule has 0 aliphatic heterocycles. The summed E-state index contributed by atoms with van der Waals surface area (Å²) < 4.78 is 16.9. The maximum absolute atomic E-state index is 12.9. The Balaban J connectivity index is 4.17. The third-order valence-electron chi connectivity index (χ3n) is 15.3. The normalized spacial score (nSPS) is 12.8. The van der Waals surface area contributed by atoms with Gasteiger partial charge in [-0.3, -0.25) is 14.4 Å². The monoisotopic (exact) mass is 1150 g/mol. The number of esters is 3. The smallest absolute Gasteiger partial charge is 0.306 e. The van der Waals surface area contributed by atoms with E-state index in [1.807, 2.05) is 0 Å². The van der Waals surface area contributed by atoms with Crippen molar-refractivity contribution < 1.29 is 28.6 Å². The van der Waals surface area contributed by atoms with Crippen LogP contribution in [-0.4, -0.2) is 37.2 Å². The molecular weight excluding hydrogens is 1020 g/mol. The van der Waals surface area contributed by atoms with Crippen LogP contribution < -0.4 is 0 Å². The van der Waals surface area contributed by atoms with Crippen LogP contribution in [0.2, 0.25) is 0 Å². The number of rotatable bonds is 64. The second-order valence-corrected chi connectivity index (χ2v) is 23.4. The number of carbonyl (C=O) groups is 3. The van der Waals surface area contributed by atoms with Crippen molar-refractivity contribution in [3.05, 3.63) is 109 Å². The molecule has 0 aromatic carbocycles. The van der Waals surface area contributed by atoms with Crippen molar-refractivity contribution in [1.82, 2.24) is 0 Å². The van der Waals surface area contributed by atoms with Gasteiger partial charge in [0.05, 0.1) is 0 Å². The maximum atomic E-state index is 12.9. The zero-order valence-corrected chi connectivity index (χ0v) is 54.7. The summed E-state index contributed by atoms with van der Waals surface area (Å²) in [6.45, 7) is 6.51. The molecule has 0 rings (SSSR count). The molecule has 0 radical (unpaired) electrons. The first-order valence-corrected chi connectivity index (χ1v) is 35.4. The molecule has 1 atom stereocenters. The Bertz CT molecular complexity index is 1660. The lowest BCUT2D eigenvalue weighted by molar-refractivity contribution is -0.167. The van der Waals surface area contributed by atoms with Gasteiger partial charge >= 0.3 is 17.9 Å². The Kier molecular flexibility index (Phi) is 67.2. The van der Waals surface area contributed by atoms with Crippen LogP contribution in [0.1, 0.15) is 342 Å². The second-order valence-electron chi connectivity index (χ2n) is 23.4. The van der Waals surface area contributed by atoms with Gasteiger partial charge in [-0.25, -0.2) is 0 Å². The highest BCUT2D eigenvalue weighted by molar-refractivity contribution is 5.71. The van der Waals surface area contributed by atoms with Gasteiger partial charge in [-0.05, 0) is 109 Å². The van der Waals surface area contributed by atoms with E-state index >= 15 is 0 Å². The zero-order valence-electron chi connectivity index (χ0n) is 54.7. The van der Waals surface area contributed by atoms with Crippen LogP contribution in [-0.2, 0) is 28.6 Å². The number of unbranched alkanes of at least 4 members (excludes halogenated alkanes) is 35. The maximum Gasteiger partial charge on any atom is 0.306 e. The van der Waals surface area contributed by atoms with Crippen LogP contribution in [0, 0.1) is 0 Å². The van der Waals surface area contributed by atoms with Crippen LogP contribution in [0.25, 0.3) is 0 Å². The van der Waals surface area contributed by atoms with E-state index in [0.29, 0.717) is 19.3 Å². The molecule has 0 aliphatic carbocycles. The third-order valence-corrected chi connectivity index (χ3v) is 15.3. The van der Waals surface area contributed by atoms with Gasteiger partial charge in [-0.2, -0.15) is 0 Å². The lowest BCUT2D eigenvalue weighted by atomic mass is 10.0. The summed E-state index contributed by atoms with van der Waals surface area (Å²) in [7, 11) is 0. The van der Waals surface area contributed by atoms with Crippen LogP contribution in [0.15, 0.2) is 109 Å². The van der Waals surface area contributed by atoms with Crippen molar-refractivity contribution in [2.45, 2.75) is 348 Å². The third kappa shape index (κ3) is 68.7. The number of allylic oxidation sites excluding steroid dienone is 18. The van der Waals surface area contributed by atoms with Gasteiger partial charge in [0, 0.05) is 19.3 Å². The largest absolute Gasteiger partial charge is 0.462 e. The lowest BCUT2D eigenvalue weighted by Gasteiger charge is -2.18. The summed E-state index contributed by atoms with van der Waals surface area (Å²) >= 11 is 0. The molecular formula is C77H132O6. The summed E-state index contributed by atoms with van der Waals surface area (Å²) in [5.41, 5.74) is 0. The van der Waals surface area contributed by atoms with Gasteiger partial charge in [0.25, 0.3) is 0 Å². The Morgan fingerprint density at radius 1 is 0.253 bits per heavy atom. The van der Waals surface area contributed by atoms with Crippen molar-refractivity contribution in [3.63, 3.8) is 0 Å². The minimum Gasteiger partial charge on any atom is -0.462 e. The molecule has 1 unspecified atom stereocenters. The minimum atomic E-state index is -0.786. The molecule has 0 fully saturated rings. The summed E-state index contributed by atoms with van der Waals surface area (Å²) in [5, 5.41) is 0. The average Bonchev–Trinajstić information content (AvgIpc) is 3.49. The Labute approximate surface area is 514 Å². The first kappa shape index (κ1) is 79.1. The quantitative estimate of drug-likeness (QED) is 0.0261. The fraction of sp³-hybridized carbons (Fsp3) is 0.727. The van der Waals surface area contributed by atoms with Crippen LogP contribution in [0.5, 0.6) is 0 Å². The highest BCUT2D eigenvalue weighted by Crippen LogP contribution is 2.17. The van der Waals surface area contributed by atoms with E-state index in [2.05, 4.69) is 130 Å². The predicted octanol–water partition coefficient (Wildman–Crippen LogP) is 24.6. The second kappa shape index (κ2) is 70.6. The van der Waals surface area contributed by atoms with Gasteiger partial charge in [0.1, 0.15) is 13.2 Å². The van der Waals surface area contributed by atoms with Crippen molar-refractivity contribution in [3.8, 4) is 0 Å². The van der Waals surface area contributed by atoms with Gasteiger partial charge in [0.15, 0.2) is 6.10 Å². The number of carbonyl (C=O) groups excluding carboxylic acids is 3. The van der Waals surface area contributed by atoms with Crippen molar-refractivity contribution >= 4 is 17.9 Å². The molecule has 476 valence electrons. The van der Waals surface area contributed by atoms with Gasteiger partial charge in [-0.15, -0.1) is 0 Å². The highest BCUT2D eigenvalue weighted by Gasteiger charge is 2.19. The van der Waals surface area contributed by atoms with Crippen LogP contribution >= 0.6 is 0 Å². The first-order chi connectivity index (χ1) is 41.0. The molecule has 0 spiro atoms. The van der Waals surface area contributed by atoms with Crippen LogP contribution in [0.3, 0.4) is 0 Å². The topological polar surface area (TPSA) is 78.9 Å². The van der Waals surface area contributed by atoms with E-state index in [4.69, 9.17) is 14.2 Å². The van der Waals surface area contributed by atoms with E-state index in [1.165, 1.54) is 180 Å². The van der Waals surface area contributed by atoms with E-state index < -0.39 is 6.10 Å². The summed E-state index contributed by atoms with van der Waals surface area (Å²) in [6, 6.07) is 0. The number of hydrogen-bond donors (Lipinski definition) is 0. The molecule has 0 aliphatic rings.